The topological polar surface area (TPSA) is 48.3 Å². The van der Waals surface area contributed by atoms with Gasteiger partial charge in [0.1, 0.15) is 11.6 Å². The van der Waals surface area contributed by atoms with Crippen molar-refractivity contribution in [3.8, 4) is 5.75 Å². The molecule has 130 valence electrons. The summed E-state index contributed by atoms with van der Waals surface area (Å²) in [5.41, 5.74) is 3.90. The number of nitrogens with zero attached hydrogens (tertiary/aromatic N) is 3. The number of hydrogen-bond donors (Lipinski definition) is 1. The van der Waals surface area contributed by atoms with E-state index in [1.807, 2.05) is 12.1 Å². The molecule has 3 rings (SSSR count). The zero-order valence-corrected chi connectivity index (χ0v) is 15.0. The van der Waals surface area contributed by atoms with Crippen molar-refractivity contribution in [3.63, 3.8) is 0 Å². The van der Waals surface area contributed by atoms with Gasteiger partial charge in [-0.2, -0.15) is 0 Å². The van der Waals surface area contributed by atoms with Crippen LogP contribution in [0.5, 0.6) is 5.75 Å². The second-order valence-corrected chi connectivity index (χ2v) is 6.68. The Morgan fingerprint density at radius 3 is 2.58 bits per heavy atom. The predicted molar refractivity (Wildman–Crippen MR) is 96.3 cm³/mol. The fourth-order valence-corrected chi connectivity index (χ4v) is 3.52. The number of rotatable bonds is 4. The minimum atomic E-state index is 0.113. The maximum atomic E-state index is 9.87. The molecule has 2 aliphatic rings. The molecule has 1 aromatic carbocycles. The van der Waals surface area contributed by atoms with Crippen LogP contribution in [0.3, 0.4) is 0 Å². The van der Waals surface area contributed by atoms with Crippen molar-refractivity contribution in [1.82, 2.24) is 9.80 Å². The van der Waals surface area contributed by atoms with Crippen molar-refractivity contribution in [2.24, 2.45) is 4.99 Å². The van der Waals surface area contributed by atoms with Gasteiger partial charge in [-0.25, -0.2) is 0 Å². The molecule has 1 fully saturated rings. The molecule has 1 saturated heterocycles. The highest BCUT2D eigenvalue weighted by Gasteiger charge is 2.34. The van der Waals surface area contributed by atoms with Gasteiger partial charge in [-0.15, -0.1) is 0 Å². The van der Waals surface area contributed by atoms with Crippen LogP contribution in [0.15, 0.2) is 40.5 Å². The molecule has 0 aromatic heterocycles. The fourth-order valence-electron chi connectivity index (χ4n) is 3.52. The van der Waals surface area contributed by atoms with E-state index in [-0.39, 0.29) is 18.7 Å². The van der Waals surface area contributed by atoms with Gasteiger partial charge in [-0.05, 0) is 44.0 Å². The summed E-state index contributed by atoms with van der Waals surface area (Å²) in [6.07, 6.45) is 0. The first-order valence-electron chi connectivity index (χ1n) is 8.53. The Morgan fingerprint density at radius 2 is 1.96 bits per heavy atom. The van der Waals surface area contributed by atoms with E-state index in [0.29, 0.717) is 0 Å². The highest BCUT2D eigenvalue weighted by atomic mass is 16.5. The number of aliphatic imine (C=N–C) groups is 1. The molecule has 0 saturated carbocycles. The normalized spacial score (nSPS) is 24.7. The number of amidine groups is 1. The minimum absolute atomic E-state index is 0.113. The van der Waals surface area contributed by atoms with Crippen molar-refractivity contribution in [2.75, 3.05) is 26.8 Å². The lowest BCUT2D eigenvalue weighted by Gasteiger charge is -2.46. The van der Waals surface area contributed by atoms with Crippen molar-refractivity contribution < 1.29 is 9.84 Å². The molecule has 2 aliphatic heterocycles. The molecule has 2 unspecified atom stereocenters. The Morgan fingerprint density at radius 1 is 1.25 bits per heavy atom. The molecule has 0 spiro atoms. The summed E-state index contributed by atoms with van der Waals surface area (Å²) >= 11 is 0. The van der Waals surface area contributed by atoms with Crippen molar-refractivity contribution >= 4 is 5.84 Å². The quantitative estimate of drug-likeness (QED) is 0.921. The molecule has 5 nitrogen and oxygen atoms in total. The van der Waals surface area contributed by atoms with Crippen LogP contribution in [-0.2, 0) is 6.54 Å². The van der Waals surface area contributed by atoms with Crippen LogP contribution in [0.1, 0.15) is 26.3 Å². The Labute approximate surface area is 144 Å². The van der Waals surface area contributed by atoms with E-state index in [0.717, 1.165) is 31.2 Å². The molecule has 24 heavy (non-hydrogen) atoms. The molecule has 0 aliphatic carbocycles. The summed E-state index contributed by atoms with van der Waals surface area (Å²) in [6, 6.07) is 8.52. The monoisotopic (exact) mass is 329 g/mol. The van der Waals surface area contributed by atoms with Gasteiger partial charge in [0.15, 0.2) is 0 Å². The zero-order valence-electron chi connectivity index (χ0n) is 15.0. The van der Waals surface area contributed by atoms with E-state index in [9.17, 15) is 5.11 Å². The summed E-state index contributed by atoms with van der Waals surface area (Å²) in [5, 5.41) is 9.87. The van der Waals surface area contributed by atoms with Gasteiger partial charge in [0.25, 0.3) is 0 Å². The number of benzene rings is 1. The zero-order chi connectivity index (χ0) is 17.3. The summed E-state index contributed by atoms with van der Waals surface area (Å²) < 4.78 is 5.23. The molecule has 0 radical (unpaired) electrons. The SMILES string of the molecule is COc1ccc(CN2CC3=C(C)C(C)N=C(C)N3CC2CO)cc1. The van der Waals surface area contributed by atoms with E-state index in [1.54, 1.807) is 7.11 Å². The second-order valence-electron chi connectivity index (χ2n) is 6.68. The molecule has 0 amide bonds. The number of piperazine rings is 1. The Balaban J connectivity index is 1.81. The van der Waals surface area contributed by atoms with Crippen LogP contribution < -0.4 is 4.74 Å². The van der Waals surface area contributed by atoms with Crippen molar-refractivity contribution in [1.29, 1.82) is 0 Å². The first-order chi connectivity index (χ1) is 11.5. The Hall–Kier alpha value is -1.85. The fraction of sp³-hybridized carbons (Fsp3) is 0.526. The maximum absolute atomic E-state index is 9.87. The number of ether oxygens (including phenoxy) is 1. The number of hydrogen-bond acceptors (Lipinski definition) is 5. The van der Waals surface area contributed by atoms with Gasteiger partial charge in [0.2, 0.25) is 0 Å². The molecule has 2 atom stereocenters. The molecule has 1 aromatic rings. The average molecular weight is 329 g/mol. The highest BCUT2D eigenvalue weighted by molar-refractivity contribution is 5.83. The van der Waals surface area contributed by atoms with Gasteiger partial charge in [-0.1, -0.05) is 12.1 Å². The van der Waals surface area contributed by atoms with Gasteiger partial charge in [0.05, 0.1) is 25.8 Å². The maximum Gasteiger partial charge on any atom is 0.118 e. The third-order valence-electron chi connectivity index (χ3n) is 5.20. The van der Waals surface area contributed by atoms with E-state index in [2.05, 4.69) is 42.7 Å². The molecule has 0 bridgehead atoms. The standard InChI is InChI=1S/C19H27N3O2/c1-13-14(2)20-15(3)22-10-17(12-23)21(11-19(13)22)9-16-5-7-18(24-4)8-6-16/h5-8,14,17,23H,9-12H2,1-4H3. The van der Waals surface area contributed by atoms with Crippen LogP contribution >= 0.6 is 0 Å². The van der Waals surface area contributed by atoms with Gasteiger partial charge in [-0.3, -0.25) is 9.89 Å². The number of aliphatic hydroxyl groups excluding tert-OH is 1. The first kappa shape index (κ1) is 17.0. The molecular formula is C19H27N3O2. The second kappa shape index (κ2) is 6.95. The van der Waals surface area contributed by atoms with E-state index in [4.69, 9.17) is 9.73 Å². The largest absolute Gasteiger partial charge is 0.497 e. The Kier molecular flexibility index (Phi) is 4.92. The molecule has 2 heterocycles. The lowest BCUT2D eigenvalue weighted by molar-refractivity contribution is 0.0794. The van der Waals surface area contributed by atoms with E-state index < -0.39 is 0 Å². The van der Waals surface area contributed by atoms with Crippen LogP contribution in [0, 0.1) is 0 Å². The first-order valence-corrected chi connectivity index (χ1v) is 8.53. The number of methoxy groups -OCH3 is 1. The summed E-state index contributed by atoms with van der Waals surface area (Å²) in [5.74, 6) is 1.93. The lowest BCUT2D eigenvalue weighted by atomic mass is 10.00. The van der Waals surface area contributed by atoms with E-state index >= 15 is 0 Å². The van der Waals surface area contributed by atoms with Crippen molar-refractivity contribution in [3.05, 3.63) is 41.1 Å². The molecule has 1 N–H and O–H groups in total. The smallest absolute Gasteiger partial charge is 0.118 e. The third-order valence-corrected chi connectivity index (χ3v) is 5.20. The third kappa shape index (κ3) is 3.19. The van der Waals surface area contributed by atoms with Crippen LogP contribution in [0.4, 0.5) is 0 Å². The average Bonchev–Trinajstić information content (AvgIpc) is 2.60. The van der Waals surface area contributed by atoms with Crippen LogP contribution in [0.2, 0.25) is 0 Å². The van der Waals surface area contributed by atoms with Gasteiger partial charge in [0, 0.05) is 25.3 Å². The molecular weight excluding hydrogens is 302 g/mol. The Bertz CT molecular complexity index is 651. The minimum Gasteiger partial charge on any atom is -0.497 e. The lowest BCUT2D eigenvalue weighted by Crippen LogP contribution is -2.55. The van der Waals surface area contributed by atoms with Crippen LogP contribution in [-0.4, -0.2) is 59.6 Å². The number of fused-ring (bicyclic) bond motifs is 1. The van der Waals surface area contributed by atoms with Gasteiger partial charge < -0.3 is 14.7 Å². The molecule has 5 heteroatoms. The summed E-state index contributed by atoms with van der Waals surface area (Å²) in [7, 11) is 1.68. The van der Waals surface area contributed by atoms with Gasteiger partial charge >= 0.3 is 0 Å². The summed E-state index contributed by atoms with van der Waals surface area (Å²) in [6.45, 7) is 9.01. The van der Waals surface area contributed by atoms with Crippen LogP contribution in [0.25, 0.3) is 0 Å². The highest BCUT2D eigenvalue weighted by Crippen LogP contribution is 2.29. The van der Waals surface area contributed by atoms with E-state index in [1.165, 1.54) is 16.8 Å². The predicted octanol–water partition coefficient (Wildman–Crippen LogP) is 2.27. The number of aliphatic hydroxyl groups is 1. The summed E-state index contributed by atoms with van der Waals surface area (Å²) in [4.78, 5) is 9.36. The van der Waals surface area contributed by atoms with Crippen molar-refractivity contribution in [2.45, 2.75) is 39.4 Å².